The Balaban J connectivity index is 2.04. The van der Waals surface area contributed by atoms with Gasteiger partial charge >= 0.3 is 0 Å². The predicted molar refractivity (Wildman–Crippen MR) is 69.9 cm³/mol. The molecule has 0 aliphatic heterocycles. The Morgan fingerprint density at radius 2 is 2.00 bits per heavy atom. The molecule has 0 spiro atoms. The van der Waals surface area contributed by atoms with Crippen LogP contribution in [0.15, 0.2) is 24.3 Å². The van der Waals surface area contributed by atoms with Crippen LogP contribution in [0.2, 0.25) is 0 Å². The number of amides is 1. The summed E-state index contributed by atoms with van der Waals surface area (Å²) in [7, 11) is 0. The fourth-order valence-corrected chi connectivity index (χ4v) is 2.20. The van der Waals surface area contributed by atoms with Crippen LogP contribution in [-0.2, 0) is 17.8 Å². The Kier molecular flexibility index (Phi) is 4.33. The molecule has 0 aromatic heterocycles. The Morgan fingerprint density at radius 1 is 1.33 bits per heavy atom. The van der Waals surface area contributed by atoms with Crippen molar-refractivity contribution in [3.05, 3.63) is 35.4 Å². The van der Waals surface area contributed by atoms with E-state index in [1.54, 1.807) is 4.90 Å². The van der Waals surface area contributed by atoms with E-state index in [0.29, 0.717) is 25.6 Å². The standard InChI is InChI=1S/C14H20N2O2/c15-10-12-4-2-1-3-11(12)9-14(18)16(7-8-17)13-5-6-13/h1-4,13,17H,5-10,15H2. The average molecular weight is 248 g/mol. The van der Waals surface area contributed by atoms with Gasteiger partial charge in [0.1, 0.15) is 0 Å². The Labute approximate surface area is 107 Å². The minimum atomic E-state index is 0.0285. The van der Waals surface area contributed by atoms with Crippen LogP contribution in [0.3, 0.4) is 0 Å². The highest BCUT2D eigenvalue weighted by atomic mass is 16.3. The van der Waals surface area contributed by atoms with Gasteiger partial charge in [-0.1, -0.05) is 24.3 Å². The highest BCUT2D eigenvalue weighted by Gasteiger charge is 2.31. The minimum Gasteiger partial charge on any atom is -0.395 e. The topological polar surface area (TPSA) is 66.6 Å². The maximum atomic E-state index is 12.2. The molecule has 2 rings (SSSR count). The summed E-state index contributed by atoms with van der Waals surface area (Å²) in [4.78, 5) is 14.0. The quantitative estimate of drug-likeness (QED) is 0.777. The van der Waals surface area contributed by atoms with Crippen LogP contribution in [0.25, 0.3) is 0 Å². The molecule has 0 radical (unpaired) electrons. The summed E-state index contributed by atoms with van der Waals surface area (Å²) in [6.45, 7) is 0.919. The van der Waals surface area contributed by atoms with Crippen LogP contribution in [0.4, 0.5) is 0 Å². The van der Waals surface area contributed by atoms with Crippen molar-refractivity contribution < 1.29 is 9.90 Å². The summed E-state index contributed by atoms with van der Waals surface area (Å²) < 4.78 is 0. The predicted octanol–water partition coefficient (Wildman–Crippen LogP) is 0.671. The SMILES string of the molecule is NCc1ccccc1CC(=O)N(CCO)C1CC1. The van der Waals surface area contributed by atoms with E-state index >= 15 is 0 Å². The molecular formula is C14H20N2O2. The third-order valence-corrected chi connectivity index (χ3v) is 3.33. The minimum absolute atomic E-state index is 0.0285. The van der Waals surface area contributed by atoms with E-state index in [0.717, 1.165) is 24.0 Å². The smallest absolute Gasteiger partial charge is 0.227 e. The lowest BCUT2D eigenvalue weighted by molar-refractivity contribution is -0.131. The van der Waals surface area contributed by atoms with Gasteiger partial charge in [-0.3, -0.25) is 4.79 Å². The third kappa shape index (κ3) is 3.09. The summed E-state index contributed by atoms with van der Waals surface area (Å²) in [6.07, 6.45) is 2.50. The van der Waals surface area contributed by atoms with Gasteiger partial charge in [0.15, 0.2) is 0 Å². The lowest BCUT2D eigenvalue weighted by Crippen LogP contribution is -2.36. The van der Waals surface area contributed by atoms with Gasteiger partial charge < -0.3 is 15.7 Å². The van der Waals surface area contributed by atoms with Gasteiger partial charge in [0, 0.05) is 19.1 Å². The van der Waals surface area contributed by atoms with Gasteiger partial charge in [0.2, 0.25) is 5.91 Å². The van der Waals surface area contributed by atoms with Gasteiger partial charge in [0.25, 0.3) is 0 Å². The van der Waals surface area contributed by atoms with Gasteiger partial charge in [-0.25, -0.2) is 0 Å². The summed E-state index contributed by atoms with van der Waals surface area (Å²) in [5, 5.41) is 9.02. The Morgan fingerprint density at radius 3 is 2.56 bits per heavy atom. The van der Waals surface area contributed by atoms with E-state index in [1.165, 1.54) is 0 Å². The first-order chi connectivity index (χ1) is 8.76. The molecule has 0 atom stereocenters. The molecule has 1 aromatic carbocycles. The highest BCUT2D eigenvalue weighted by molar-refractivity contribution is 5.79. The molecule has 1 fully saturated rings. The van der Waals surface area contributed by atoms with Gasteiger partial charge in [-0.2, -0.15) is 0 Å². The Hall–Kier alpha value is -1.39. The first-order valence-electron chi connectivity index (χ1n) is 6.43. The molecule has 1 aliphatic carbocycles. The lowest BCUT2D eigenvalue weighted by atomic mass is 10.0. The number of hydrogen-bond donors (Lipinski definition) is 2. The van der Waals surface area contributed by atoms with Crippen molar-refractivity contribution in [3.8, 4) is 0 Å². The van der Waals surface area contributed by atoms with Gasteiger partial charge in [-0.15, -0.1) is 0 Å². The van der Waals surface area contributed by atoms with Crippen molar-refractivity contribution in [3.63, 3.8) is 0 Å². The second kappa shape index (κ2) is 5.98. The highest BCUT2D eigenvalue weighted by Crippen LogP contribution is 2.27. The number of rotatable bonds is 6. The number of hydrogen-bond acceptors (Lipinski definition) is 3. The van der Waals surface area contributed by atoms with E-state index in [-0.39, 0.29) is 12.5 Å². The zero-order chi connectivity index (χ0) is 13.0. The van der Waals surface area contributed by atoms with Crippen LogP contribution in [0, 0.1) is 0 Å². The molecule has 1 aromatic rings. The molecule has 4 heteroatoms. The van der Waals surface area contributed by atoms with E-state index in [1.807, 2.05) is 24.3 Å². The Bertz CT molecular complexity index is 416. The largest absolute Gasteiger partial charge is 0.395 e. The molecule has 4 nitrogen and oxygen atoms in total. The molecule has 1 aliphatic rings. The molecule has 3 N–H and O–H groups in total. The first kappa shape index (κ1) is 13.1. The molecule has 1 amide bonds. The maximum absolute atomic E-state index is 12.2. The third-order valence-electron chi connectivity index (χ3n) is 3.33. The number of nitrogens with zero attached hydrogens (tertiary/aromatic N) is 1. The van der Waals surface area contributed by atoms with Gasteiger partial charge in [0.05, 0.1) is 13.0 Å². The van der Waals surface area contributed by atoms with E-state index < -0.39 is 0 Å². The summed E-state index contributed by atoms with van der Waals surface area (Å²) >= 11 is 0. The summed E-state index contributed by atoms with van der Waals surface area (Å²) in [6, 6.07) is 8.10. The van der Waals surface area contributed by atoms with Crippen LogP contribution < -0.4 is 5.73 Å². The fourth-order valence-electron chi connectivity index (χ4n) is 2.20. The maximum Gasteiger partial charge on any atom is 0.227 e. The zero-order valence-corrected chi connectivity index (χ0v) is 10.5. The van der Waals surface area contributed by atoms with Crippen molar-refractivity contribution in [2.24, 2.45) is 5.73 Å². The molecule has 0 heterocycles. The monoisotopic (exact) mass is 248 g/mol. The zero-order valence-electron chi connectivity index (χ0n) is 10.5. The van der Waals surface area contributed by atoms with Crippen LogP contribution in [0.5, 0.6) is 0 Å². The normalized spacial score (nSPS) is 14.6. The summed E-state index contributed by atoms with van der Waals surface area (Å²) in [5.41, 5.74) is 7.68. The average Bonchev–Trinajstić information content (AvgIpc) is 3.20. The number of carbonyl (C=O) groups excluding carboxylic acids is 1. The van der Waals surface area contributed by atoms with Crippen molar-refractivity contribution in [2.45, 2.75) is 31.8 Å². The van der Waals surface area contributed by atoms with Crippen LogP contribution in [-0.4, -0.2) is 35.1 Å². The molecule has 98 valence electrons. The van der Waals surface area contributed by atoms with E-state index in [9.17, 15) is 4.79 Å². The summed E-state index contributed by atoms with van der Waals surface area (Å²) in [5.74, 6) is 0.0902. The lowest BCUT2D eigenvalue weighted by Gasteiger charge is -2.22. The van der Waals surface area contributed by atoms with E-state index in [2.05, 4.69) is 0 Å². The number of aliphatic hydroxyl groups excluding tert-OH is 1. The fraction of sp³-hybridized carbons (Fsp3) is 0.500. The molecule has 0 saturated heterocycles. The number of benzene rings is 1. The van der Waals surface area contributed by atoms with Crippen molar-refractivity contribution in [1.29, 1.82) is 0 Å². The van der Waals surface area contributed by atoms with Crippen molar-refractivity contribution in [2.75, 3.05) is 13.2 Å². The number of aliphatic hydroxyl groups is 1. The molecule has 1 saturated carbocycles. The van der Waals surface area contributed by atoms with E-state index in [4.69, 9.17) is 10.8 Å². The first-order valence-corrected chi connectivity index (χ1v) is 6.43. The molecule has 18 heavy (non-hydrogen) atoms. The second-order valence-electron chi connectivity index (χ2n) is 4.69. The van der Waals surface area contributed by atoms with Crippen molar-refractivity contribution >= 4 is 5.91 Å². The van der Waals surface area contributed by atoms with Crippen LogP contribution in [0.1, 0.15) is 24.0 Å². The van der Waals surface area contributed by atoms with Crippen molar-refractivity contribution in [1.82, 2.24) is 4.90 Å². The number of carbonyl (C=O) groups is 1. The molecule has 0 bridgehead atoms. The van der Waals surface area contributed by atoms with Gasteiger partial charge in [-0.05, 0) is 24.0 Å². The molecule has 0 unspecified atom stereocenters. The molecular weight excluding hydrogens is 228 g/mol. The number of nitrogens with two attached hydrogens (primary N) is 1. The van der Waals surface area contributed by atoms with Crippen LogP contribution >= 0.6 is 0 Å². The second-order valence-corrected chi connectivity index (χ2v) is 4.69.